The summed E-state index contributed by atoms with van der Waals surface area (Å²) in [6, 6.07) is 11.4. The van der Waals surface area contributed by atoms with Gasteiger partial charge < -0.3 is 10.1 Å². The Kier molecular flexibility index (Phi) is 4.36. The van der Waals surface area contributed by atoms with Crippen LogP contribution in [0, 0.1) is 6.92 Å². The van der Waals surface area contributed by atoms with Crippen molar-refractivity contribution in [3.63, 3.8) is 0 Å². The quantitative estimate of drug-likeness (QED) is 0.822. The lowest BCUT2D eigenvalue weighted by Crippen LogP contribution is -2.44. The van der Waals surface area contributed by atoms with Crippen LogP contribution in [0.3, 0.4) is 0 Å². The van der Waals surface area contributed by atoms with Crippen molar-refractivity contribution in [2.75, 3.05) is 5.32 Å². The number of anilines is 1. The number of carbonyl (C=O) groups is 3. The second kappa shape index (κ2) is 6.70. The maximum Gasteiger partial charge on any atom is 0.340 e. The molecule has 0 bridgehead atoms. The van der Waals surface area contributed by atoms with Crippen molar-refractivity contribution >= 4 is 35.1 Å². The van der Waals surface area contributed by atoms with Crippen LogP contribution >= 0.6 is 11.6 Å². The van der Waals surface area contributed by atoms with E-state index in [2.05, 4.69) is 5.32 Å². The van der Waals surface area contributed by atoms with Gasteiger partial charge in [0, 0.05) is 22.7 Å². The molecule has 2 aromatic carbocycles. The van der Waals surface area contributed by atoms with Gasteiger partial charge in [-0.25, -0.2) is 4.79 Å². The van der Waals surface area contributed by atoms with E-state index in [0.717, 1.165) is 5.56 Å². The van der Waals surface area contributed by atoms with Crippen LogP contribution in [-0.4, -0.2) is 28.7 Å². The topological polar surface area (TPSA) is 75.7 Å². The number of aryl methyl sites for hydroxylation is 1. The van der Waals surface area contributed by atoms with Gasteiger partial charge in [0.2, 0.25) is 18.0 Å². The summed E-state index contributed by atoms with van der Waals surface area (Å²) >= 11 is 6.01. The van der Waals surface area contributed by atoms with E-state index in [1.807, 2.05) is 13.0 Å². The highest BCUT2D eigenvalue weighted by atomic mass is 35.5. The zero-order chi connectivity index (χ0) is 19.1. The first kappa shape index (κ1) is 17.5. The summed E-state index contributed by atoms with van der Waals surface area (Å²) in [6.45, 7) is 1.86. The summed E-state index contributed by atoms with van der Waals surface area (Å²) in [4.78, 5) is 38.9. The second-order valence-electron chi connectivity index (χ2n) is 6.65. The molecule has 0 radical (unpaired) electrons. The summed E-state index contributed by atoms with van der Waals surface area (Å²) in [6.07, 6.45) is -0.288. The molecular formula is C20H17ClN2O4. The van der Waals surface area contributed by atoms with Crippen LogP contribution in [0.25, 0.3) is 0 Å². The summed E-state index contributed by atoms with van der Waals surface area (Å²) < 4.78 is 5.42. The highest BCUT2D eigenvalue weighted by Gasteiger charge is 2.46. The molecule has 1 saturated heterocycles. The number of ether oxygens (including phenoxy) is 1. The molecule has 2 amide bonds. The number of nitrogens with zero attached hydrogens (tertiary/aromatic N) is 1. The monoisotopic (exact) mass is 384 g/mol. The van der Waals surface area contributed by atoms with Crippen molar-refractivity contribution in [3.8, 4) is 0 Å². The molecule has 0 saturated carbocycles. The van der Waals surface area contributed by atoms with Crippen molar-refractivity contribution in [2.45, 2.75) is 32.0 Å². The number of halogens is 1. The van der Waals surface area contributed by atoms with E-state index < -0.39 is 18.2 Å². The van der Waals surface area contributed by atoms with E-state index in [-0.39, 0.29) is 18.2 Å². The standard InChI is InChI=1S/C20H17ClN2O4/c1-11-6-7-12(21)10-15(11)22-18(25)16-8-9-17(24)23(16)19-13-4-2-3-5-14(13)20(26)27-19/h2-7,10,16,19H,8-9H2,1H3,(H,22,25)/t16-,19-/m0/s1. The highest BCUT2D eigenvalue weighted by molar-refractivity contribution is 6.31. The number of carbonyl (C=O) groups excluding carboxylic acids is 3. The molecule has 0 spiro atoms. The lowest BCUT2D eigenvalue weighted by molar-refractivity contribution is -0.144. The van der Waals surface area contributed by atoms with E-state index in [9.17, 15) is 14.4 Å². The molecule has 138 valence electrons. The number of likely N-dealkylation sites (tertiary alicyclic amines) is 1. The fourth-order valence-electron chi connectivity index (χ4n) is 3.53. The summed E-state index contributed by atoms with van der Waals surface area (Å²) in [5.74, 6) is -1.03. The Morgan fingerprint density at radius 1 is 1.22 bits per heavy atom. The van der Waals surface area contributed by atoms with Crippen molar-refractivity contribution in [2.24, 2.45) is 0 Å². The first-order valence-electron chi connectivity index (χ1n) is 8.64. The summed E-state index contributed by atoms with van der Waals surface area (Å²) in [5.41, 5.74) is 2.48. The summed E-state index contributed by atoms with van der Waals surface area (Å²) in [7, 11) is 0. The second-order valence-corrected chi connectivity index (χ2v) is 7.09. The van der Waals surface area contributed by atoms with Crippen molar-refractivity contribution in [3.05, 3.63) is 64.2 Å². The van der Waals surface area contributed by atoms with Gasteiger partial charge in [-0.05, 0) is 37.1 Å². The van der Waals surface area contributed by atoms with E-state index >= 15 is 0 Å². The number of amides is 2. The maximum absolute atomic E-state index is 12.9. The molecule has 2 aliphatic rings. The first-order chi connectivity index (χ1) is 13.0. The van der Waals surface area contributed by atoms with Gasteiger partial charge in [0.25, 0.3) is 0 Å². The van der Waals surface area contributed by atoms with E-state index in [4.69, 9.17) is 16.3 Å². The number of hydrogen-bond acceptors (Lipinski definition) is 4. The largest absolute Gasteiger partial charge is 0.433 e. The van der Waals surface area contributed by atoms with Gasteiger partial charge in [-0.1, -0.05) is 35.9 Å². The third kappa shape index (κ3) is 3.06. The third-order valence-electron chi connectivity index (χ3n) is 4.93. The molecule has 4 rings (SSSR count). The van der Waals surface area contributed by atoms with Gasteiger partial charge in [0.1, 0.15) is 6.04 Å². The Labute approximate surface area is 161 Å². The van der Waals surface area contributed by atoms with Gasteiger partial charge in [-0.3, -0.25) is 14.5 Å². The van der Waals surface area contributed by atoms with E-state index in [0.29, 0.717) is 28.3 Å². The number of rotatable bonds is 3. The molecule has 6 nitrogen and oxygen atoms in total. The van der Waals surface area contributed by atoms with E-state index in [1.165, 1.54) is 4.90 Å². The predicted molar refractivity (Wildman–Crippen MR) is 99.3 cm³/mol. The van der Waals surface area contributed by atoms with Crippen molar-refractivity contribution < 1.29 is 19.1 Å². The molecule has 2 aliphatic heterocycles. The van der Waals surface area contributed by atoms with Gasteiger partial charge in [-0.2, -0.15) is 0 Å². The number of fused-ring (bicyclic) bond motifs is 1. The SMILES string of the molecule is Cc1ccc(Cl)cc1NC(=O)[C@@H]1CCC(=O)N1[C@H]1OC(=O)c2ccccc21. The molecule has 0 aliphatic carbocycles. The lowest BCUT2D eigenvalue weighted by atomic mass is 10.1. The number of cyclic esters (lactones) is 1. The Morgan fingerprint density at radius 2 is 2.00 bits per heavy atom. The summed E-state index contributed by atoms with van der Waals surface area (Å²) in [5, 5.41) is 3.35. The Hall–Kier alpha value is -2.86. The molecule has 7 heteroatoms. The molecule has 2 atom stereocenters. The minimum atomic E-state index is -0.875. The number of esters is 1. The third-order valence-corrected chi connectivity index (χ3v) is 5.17. The Balaban J connectivity index is 1.62. The van der Waals surface area contributed by atoms with Crippen LogP contribution in [0.5, 0.6) is 0 Å². The molecule has 1 fully saturated rings. The zero-order valence-corrected chi connectivity index (χ0v) is 15.3. The first-order valence-corrected chi connectivity index (χ1v) is 9.01. The predicted octanol–water partition coefficient (Wildman–Crippen LogP) is 3.45. The van der Waals surface area contributed by atoms with Crippen LogP contribution in [0.4, 0.5) is 5.69 Å². The minimum Gasteiger partial charge on any atom is -0.433 e. The van der Waals surface area contributed by atoms with Gasteiger partial charge >= 0.3 is 5.97 Å². The molecule has 0 unspecified atom stereocenters. The molecule has 27 heavy (non-hydrogen) atoms. The number of benzene rings is 2. The number of nitrogens with one attached hydrogen (secondary N) is 1. The Bertz CT molecular complexity index is 959. The zero-order valence-electron chi connectivity index (χ0n) is 14.6. The average molecular weight is 385 g/mol. The lowest BCUT2D eigenvalue weighted by Gasteiger charge is -2.29. The molecule has 0 aromatic heterocycles. The minimum absolute atomic E-state index is 0.215. The average Bonchev–Trinajstić information content (AvgIpc) is 3.18. The normalized spacial score (nSPS) is 21.2. The van der Waals surface area contributed by atoms with Crippen molar-refractivity contribution in [1.82, 2.24) is 4.90 Å². The molecule has 1 N–H and O–H groups in total. The fraction of sp³-hybridized carbons (Fsp3) is 0.250. The van der Waals surface area contributed by atoms with Gasteiger partial charge in [0.15, 0.2) is 0 Å². The maximum atomic E-state index is 12.9. The van der Waals surface area contributed by atoms with Crippen LogP contribution in [0.1, 0.15) is 40.6 Å². The van der Waals surface area contributed by atoms with Crippen molar-refractivity contribution in [1.29, 1.82) is 0 Å². The fourth-order valence-corrected chi connectivity index (χ4v) is 3.70. The van der Waals surface area contributed by atoms with Crippen LogP contribution in [0.15, 0.2) is 42.5 Å². The van der Waals surface area contributed by atoms with Crippen LogP contribution in [-0.2, 0) is 14.3 Å². The molecule has 2 aromatic rings. The Morgan fingerprint density at radius 3 is 2.81 bits per heavy atom. The van der Waals surface area contributed by atoms with Gasteiger partial charge in [0.05, 0.1) is 5.56 Å². The van der Waals surface area contributed by atoms with Crippen LogP contribution in [0.2, 0.25) is 5.02 Å². The van der Waals surface area contributed by atoms with E-state index in [1.54, 1.807) is 36.4 Å². The van der Waals surface area contributed by atoms with Gasteiger partial charge in [-0.15, -0.1) is 0 Å². The van der Waals surface area contributed by atoms with Crippen LogP contribution < -0.4 is 5.32 Å². The molecule has 2 heterocycles. The smallest absolute Gasteiger partial charge is 0.340 e. The molecular weight excluding hydrogens is 368 g/mol. The number of hydrogen-bond donors (Lipinski definition) is 1. The highest BCUT2D eigenvalue weighted by Crippen LogP contribution is 2.38.